The first kappa shape index (κ1) is 15.9. The minimum absolute atomic E-state index is 0.0171. The first-order chi connectivity index (χ1) is 9.99. The molecular weight excluding hydrogens is 284 g/mol. The van der Waals surface area contributed by atoms with E-state index >= 15 is 0 Å². The number of benzene rings is 1. The number of piperazine rings is 1. The quantitative estimate of drug-likeness (QED) is 0.870. The maximum Gasteiger partial charge on any atom is 0.253 e. The van der Waals surface area contributed by atoms with Crippen LogP contribution in [0.3, 0.4) is 0 Å². The molecule has 0 spiro atoms. The molecule has 1 saturated heterocycles. The topological polar surface area (TPSA) is 49.4 Å². The molecule has 21 heavy (non-hydrogen) atoms. The van der Waals surface area contributed by atoms with E-state index in [-0.39, 0.29) is 11.8 Å². The van der Waals surface area contributed by atoms with Crippen molar-refractivity contribution in [1.29, 1.82) is 0 Å². The zero-order valence-electron chi connectivity index (χ0n) is 13.0. The van der Waals surface area contributed by atoms with Crippen molar-refractivity contribution >= 4 is 29.3 Å². The van der Waals surface area contributed by atoms with Crippen LogP contribution in [0.25, 0.3) is 0 Å². The second-order valence-electron chi connectivity index (χ2n) is 5.33. The highest BCUT2D eigenvalue weighted by Gasteiger charge is 2.47. The number of anilines is 1. The van der Waals surface area contributed by atoms with Gasteiger partial charge in [0.05, 0.1) is 0 Å². The van der Waals surface area contributed by atoms with Crippen LogP contribution in [0.4, 0.5) is 5.69 Å². The maximum atomic E-state index is 12.9. The van der Waals surface area contributed by atoms with Crippen molar-refractivity contribution in [1.82, 2.24) is 5.32 Å². The summed E-state index contributed by atoms with van der Waals surface area (Å²) in [6.45, 7) is 5.64. The molecule has 1 atom stereocenters. The smallest absolute Gasteiger partial charge is 0.253 e. The Bertz CT molecular complexity index is 538. The average Bonchev–Trinajstić information content (AvgIpc) is 2.52. The summed E-state index contributed by atoms with van der Waals surface area (Å²) in [5, 5.41) is 2.92. The Balaban J connectivity index is 2.42. The molecule has 1 unspecified atom stereocenters. The Hall–Kier alpha value is -1.49. The molecule has 0 aliphatic carbocycles. The number of rotatable bonds is 4. The van der Waals surface area contributed by atoms with Crippen LogP contribution in [0.15, 0.2) is 29.2 Å². The highest BCUT2D eigenvalue weighted by molar-refractivity contribution is 7.98. The highest BCUT2D eigenvalue weighted by Crippen LogP contribution is 2.30. The SMILES string of the molecule is CCC1(CC)NC(=O)C(C)N(c2ccc(SC)cc2)C1=O. The Morgan fingerprint density at radius 2 is 1.76 bits per heavy atom. The van der Waals surface area contributed by atoms with Gasteiger partial charge in [0.15, 0.2) is 0 Å². The summed E-state index contributed by atoms with van der Waals surface area (Å²) >= 11 is 1.65. The van der Waals surface area contributed by atoms with Crippen LogP contribution in [-0.4, -0.2) is 29.7 Å². The summed E-state index contributed by atoms with van der Waals surface area (Å²) in [7, 11) is 0. The Morgan fingerprint density at radius 3 is 2.24 bits per heavy atom. The lowest BCUT2D eigenvalue weighted by Crippen LogP contribution is -2.69. The summed E-state index contributed by atoms with van der Waals surface area (Å²) in [5.41, 5.74) is 0.00771. The molecule has 1 fully saturated rings. The number of nitrogens with one attached hydrogen (secondary N) is 1. The molecule has 4 nitrogen and oxygen atoms in total. The molecule has 1 aromatic carbocycles. The van der Waals surface area contributed by atoms with Crippen molar-refractivity contribution in [3.63, 3.8) is 0 Å². The van der Waals surface area contributed by atoms with E-state index in [1.807, 2.05) is 44.4 Å². The molecule has 2 rings (SSSR count). The van der Waals surface area contributed by atoms with Gasteiger partial charge in [-0.2, -0.15) is 0 Å². The summed E-state index contributed by atoms with van der Waals surface area (Å²) in [5.74, 6) is -0.108. The number of thioether (sulfide) groups is 1. The van der Waals surface area contributed by atoms with Crippen molar-refractivity contribution < 1.29 is 9.59 Å². The summed E-state index contributed by atoms with van der Waals surface area (Å²) in [6.07, 6.45) is 3.21. The van der Waals surface area contributed by atoms with Gasteiger partial charge in [0.25, 0.3) is 5.91 Å². The third kappa shape index (κ3) is 2.67. The zero-order valence-corrected chi connectivity index (χ0v) is 13.8. The number of carbonyl (C=O) groups excluding carboxylic acids is 2. The maximum absolute atomic E-state index is 12.9. The van der Waals surface area contributed by atoms with E-state index in [1.165, 1.54) is 0 Å². The fraction of sp³-hybridized carbons (Fsp3) is 0.500. The lowest BCUT2D eigenvalue weighted by Gasteiger charge is -2.44. The summed E-state index contributed by atoms with van der Waals surface area (Å²) < 4.78 is 0. The van der Waals surface area contributed by atoms with Crippen LogP contribution in [0.1, 0.15) is 33.6 Å². The van der Waals surface area contributed by atoms with Crippen LogP contribution in [0.5, 0.6) is 0 Å². The Labute approximate surface area is 130 Å². The van der Waals surface area contributed by atoms with E-state index < -0.39 is 11.6 Å². The standard InChI is InChI=1S/C16H22N2O2S/c1-5-16(6-2)15(20)18(11(3)14(19)17-16)12-7-9-13(21-4)10-8-12/h7-11H,5-6H2,1-4H3,(H,17,19). The summed E-state index contributed by atoms with van der Waals surface area (Å²) in [4.78, 5) is 28.0. The first-order valence-corrected chi connectivity index (χ1v) is 8.51. The number of nitrogens with zero attached hydrogens (tertiary/aromatic N) is 1. The average molecular weight is 306 g/mol. The van der Waals surface area contributed by atoms with Crippen LogP contribution >= 0.6 is 11.8 Å². The van der Waals surface area contributed by atoms with Gasteiger partial charge in [0.2, 0.25) is 5.91 Å². The van der Waals surface area contributed by atoms with E-state index in [2.05, 4.69) is 5.32 Å². The largest absolute Gasteiger partial charge is 0.340 e. The van der Waals surface area contributed by atoms with Crippen molar-refractivity contribution in [2.45, 2.75) is 50.1 Å². The number of carbonyl (C=O) groups is 2. The zero-order chi connectivity index (χ0) is 15.6. The van der Waals surface area contributed by atoms with Crippen molar-refractivity contribution in [3.05, 3.63) is 24.3 Å². The van der Waals surface area contributed by atoms with Gasteiger partial charge in [-0.3, -0.25) is 14.5 Å². The molecule has 0 bridgehead atoms. The molecule has 5 heteroatoms. The van der Waals surface area contributed by atoms with Crippen molar-refractivity contribution in [3.8, 4) is 0 Å². The molecular formula is C16H22N2O2S. The summed E-state index contributed by atoms with van der Waals surface area (Å²) in [6, 6.07) is 7.30. The number of hydrogen-bond donors (Lipinski definition) is 1. The molecule has 1 heterocycles. The van der Waals surface area contributed by atoms with Crippen molar-refractivity contribution in [2.75, 3.05) is 11.2 Å². The molecule has 2 amide bonds. The molecule has 1 aliphatic heterocycles. The third-order valence-corrected chi connectivity index (χ3v) is 5.06. The first-order valence-electron chi connectivity index (χ1n) is 7.28. The predicted octanol–water partition coefficient (Wildman–Crippen LogP) is 2.82. The number of hydrogen-bond acceptors (Lipinski definition) is 3. The highest BCUT2D eigenvalue weighted by atomic mass is 32.2. The minimum atomic E-state index is -0.776. The third-order valence-electron chi connectivity index (χ3n) is 4.32. The number of amides is 2. The molecule has 1 aromatic rings. The van der Waals surface area contributed by atoms with Crippen LogP contribution in [-0.2, 0) is 9.59 Å². The van der Waals surface area contributed by atoms with E-state index in [1.54, 1.807) is 23.6 Å². The van der Waals surface area contributed by atoms with Gasteiger partial charge >= 0.3 is 0 Å². The van der Waals surface area contributed by atoms with Gasteiger partial charge in [0, 0.05) is 10.6 Å². The van der Waals surface area contributed by atoms with Crippen LogP contribution in [0.2, 0.25) is 0 Å². The van der Waals surface area contributed by atoms with E-state index in [0.29, 0.717) is 12.8 Å². The van der Waals surface area contributed by atoms with Gasteiger partial charge in [-0.1, -0.05) is 13.8 Å². The van der Waals surface area contributed by atoms with E-state index in [0.717, 1.165) is 10.6 Å². The fourth-order valence-corrected chi connectivity index (χ4v) is 3.14. The monoisotopic (exact) mass is 306 g/mol. The molecule has 0 saturated carbocycles. The Kier molecular flexibility index (Phi) is 4.61. The molecule has 0 aromatic heterocycles. The molecule has 0 radical (unpaired) electrons. The van der Waals surface area contributed by atoms with E-state index in [9.17, 15) is 9.59 Å². The predicted molar refractivity (Wildman–Crippen MR) is 86.6 cm³/mol. The molecule has 114 valence electrons. The van der Waals surface area contributed by atoms with Gasteiger partial charge in [-0.15, -0.1) is 11.8 Å². The molecule has 1 N–H and O–H groups in total. The van der Waals surface area contributed by atoms with Crippen LogP contribution in [0, 0.1) is 0 Å². The van der Waals surface area contributed by atoms with Gasteiger partial charge in [-0.25, -0.2) is 0 Å². The van der Waals surface area contributed by atoms with Gasteiger partial charge < -0.3 is 5.32 Å². The second kappa shape index (κ2) is 6.10. The van der Waals surface area contributed by atoms with Gasteiger partial charge in [-0.05, 0) is 50.3 Å². The second-order valence-corrected chi connectivity index (χ2v) is 6.21. The van der Waals surface area contributed by atoms with Crippen molar-refractivity contribution in [2.24, 2.45) is 0 Å². The lowest BCUT2D eigenvalue weighted by molar-refractivity contribution is -0.138. The normalized spacial score (nSPS) is 21.3. The fourth-order valence-electron chi connectivity index (χ4n) is 2.73. The Morgan fingerprint density at radius 1 is 1.19 bits per heavy atom. The van der Waals surface area contributed by atoms with E-state index in [4.69, 9.17) is 0 Å². The minimum Gasteiger partial charge on any atom is -0.340 e. The lowest BCUT2D eigenvalue weighted by atomic mass is 9.87. The van der Waals surface area contributed by atoms with Crippen LogP contribution < -0.4 is 10.2 Å². The van der Waals surface area contributed by atoms with Gasteiger partial charge in [0.1, 0.15) is 11.6 Å². The molecule has 1 aliphatic rings.